The summed E-state index contributed by atoms with van der Waals surface area (Å²) in [5.41, 5.74) is 6.40. The smallest absolute Gasteiger partial charge is 0.253 e. The predicted octanol–water partition coefficient (Wildman–Crippen LogP) is 6.95. The Labute approximate surface area is 248 Å². The molecule has 0 radical (unpaired) electrons. The Kier molecular flexibility index (Phi) is 6.24. The number of amides is 2. The number of carbonyl (C=O) groups is 2. The van der Waals surface area contributed by atoms with Gasteiger partial charge in [0.05, 0.1) is 22.2 Å². The summed E-state index contributed by atoms with van der Waals surface area (Å²) < 4.78 is 50.9. The summed E-state index contributed by atoms with van der Waals surface area (Å²) in [4.78, 5) is 34.9. The molecule has 1 aliphatic carbocycles. The van der Waals surface area contributed by atoms with E-state index in [2.05, 4.69) is 15.3 Å². The average Bonchev–Trinajstić information content (AvgIpc) is 3.69. The number of nitrogens with one attached hydrogen (secondary N) is 1. The van der Waals surface area contributed by atoms with Crippen LogP contribution in [0.4, 0.5) is 13.2 Å². The van der Waals surface area contributed by atoms with E-state index in [1.54, 1.807) is 6.20 Å². The van der Waals surface area contributed by atoms with Crippen molar-refractivity contribution in [1.82, 2.24) is 15.3 Å². The number of nitrogens with two attached hydrogens (primary N) is 1. The molecule has 44 heavy (non-hydrogen) atoms. The van der Waals surface area contributed by atoms with Crippen LogP contribution in [0.1, 0.15) is 44.8 Å². The molecule has 0 spiro atoms. The van der Waals surface area contributed by atoms with Crippen molar-refractivity contribution in [2.24, 2.45) is 5.73 Å². The molecule has 0 bridgehead atoms. The van der Waals surface area contributed by atoms with Crippen LogP contribution < -0.4 is 11.1 Å². The van der Waals surface area contributed by atoms with E-state index in [0.717, 1.165) is 11.5 Å². The van der Waals surface area contributed by atoms with E-state index >= 15 is 8.78 Å². The Morgan fingerprint density at radius 1 is 0.955 bits per heavy atom. The van der Waals surface area contributed by atoms with Crippen molar-refractivity contribution in [3.63, 3.8) is 0 Å². The highest BCUT2D eigenvalue weighted by molar-refractivity contribution is 6.11. The number of pyridine rings is 2. The van der Waals surface area contributed by atoms with Crippen molar-refractivity contribution in [2.45, 2.75) is 25.3 Å². The van der Waals surface area contributed by atoms with E-state index < -0.39 is 34.8 Å². The molecule has 6 aromatic rings. The molecular formula is C34H23F3N4O3. The summed E-state index contributed by atoms with van der Waals surface area (Å²) in [7, 11) is 0. The minimum Gasteiger partial charge on any atom is -0.455 e. The number of hydrogen-bond donors (Lipinski definition) is 2. The second-order valence-corrected chi connectivity index (χ2v) is 10.9. The lowest BCUT2D eigenvalue weighted by Gasteiger charge is -2.18. The molecule has 218 valence electrons. The molecule has 0 aliphatic heterocycles. The van der Waals surface area contributed by atoms with Gasteiger partial charge in [-0.25, -0.2) is 23.1 Å². The fraction of sp³-hybridized carbons (Fsp3) is 0.118. The van der Waals surface area contributed by atoms with Crippen molar-refractivity contribution in [3.8, 4) is 22.5 Å². The zero-order valence-electron chi connectivity index (χ0n) is 23.3. The minimum absolute atomic E-state index is 0.0119. The number of rotatable bonds is 6. The standard InChI is InChI=1S/C34H23F3N4O3/c1-17-23(22-9-10-25-27(29(22)37)28(31(38)42)30(44-25)18-4-7-21(35)8-5-18)15-20(16-24(17)36)33(43)41-34(12-13-34)26-11-6-19-3-2-14-39-32(19)40-26/h2-11,14-16H,12-13H2,1H3,(H2,38,42)(H,41,43). The zero-order chi connectivity index (χ0) is 30.7. The summed E-state index contributed by atoms with van der Waals surface area (Å²) in [6.45, 7) is 1.47. The second kappa shape index (κ2) is 10.0. The molecule has 0 unspecified atom stereocenters. The van der Waals surface area contributed by atoms with Gasteiger partial charge in [0.15, 0.2) is 5.65 Å². The van der Waals surface area contributed by atoms with Gasteiger partial charge < -0.3 is 15.5 Å². The molecule has 2 amide bonds. The Morgan fingerprint density at radius 2 is 1.73 bits per heavy atom. The van der Waals surface area contributed by atoms with Crippen molar-refractivity contribution in [2.75, 3.05) is 0 Å². The van der Waals surface area contributed by atoms with Gasteiger partial charge in [-0.1, -0.05) is 0 Å². The zero-order valence-corrected chi connectivity index (χ0v) is 23.3. The normalized spacial score (nSPS) is 13.7. The van der Waals surface area contributed by atoms with E-state index in [9.17, 15) is 14.0 Å². The van der Waals surface area contributed by atoms with E-state index in [0.29, 0.717) is 29.7 Å². The number of furan rings is 1. The van der Waals surface area contributed by atoms with Gasteiger partial charge in [-0.2, -0.15) is 0 Å². The van der Waals surface area contributed by atoms with Gasteiger partial charge in [-0.05, 0) is 104 Å². The lowest BCUT2D eigenvalue weighted by atomic mass is 9.94. The van der Waals surface area contributed by atoms with Crippen LogP contribution in [0.15, 0.2) is 83.4 Å². The molecule has 3 aromatic carbocycles. The molecule has 0 saturated heterocycles. The molecule has 0 atom stereocenters. The summed E-state index contributed by atoms with van der Waals surface area (Å²) in [6, 6.07) is 17.9. The van der Waals surface area contributed by atoms with E-state index in [1.807, 2.05) is 24.3 Å². The number of hydrogen-bond acceptors (Lipinski definition) is 5. The molecule has 3 heterocycles. The third kappa shape index (κ3) is 4.46. The topological polar surface area (TPSA) is 111 Å². The van der Waals surface area contributed by atoms with Crippen LogP contribution in [0, 0.1) is 24.4 Å². The number of halogens is 3. The van der Waals surface area contributed by atoms with Crippen LogP contribution in [0.3, 0.4) is 0 Å². The number of benzene rings is 3. The maximum absolute atomic E-state index is 16.3. The molecule has 1 aliphatic rings. The van der Waals surface area contributed by atoms with Gasteiger partial charge in [0, 0.05) is 28.3 Å². The first-order valence-electron chi connectivity index (χ1n) is 13.8. The quantitative estimate of drug-likeness (QED) is 0.217. The fourth-order valence-corrected chi connectivity index (χ4v) is 5.57. The average molecular weight is 593 g/mol. The van der Waals surface area contributed by atoms with Crippen LogP contribution in [0.5, 0.6) is 0 Å². The molecule has 1 fully saturated rings. The first-order valence-corrected chi connectivity index (χ1v) is 13.8. The summed E-state index contributed by atoms with van der Waals surface area (Å²) >= 11 is 0. The first-order chi connectivity index (χ1) is 21.1. The lowest BCUT2D eigenvalue weighted by molar-refractivity contribution is 0.0928. The summed E-state index contributed by atoms with van der Waals surface area (Å²) in [5.74, 6) is -3.61. The molecule has 10 heteroatoms. The number of nitrogens with zero attached hydrogens (tertiary/aromatic N) is 2. The SMILES string of the molecule is Cc1c(F)cc(C(=O)NC2(c3ccc4cccnc4n3)CC2)cc1-c1ccc2oc(-c3ccc(F)cc3)c(C(N)=O)c2c1F. The molecule has 1 saturated carbocycles. The van der Waals surface area contributed by atoms with Crippen molar-refractivity contribution < 1.29 is 27.2 Å². The van der Waals surface area contributed by atoms with Gasteiger partial charge in [0.25, 0.3) is 11.8 Å². The number of carbonyl (C=O) groups excluding carboxylic acids is 2. The molecule has 7 rings (SSSR count). The molecule has 3 aromatic heterocycles. The molecule has 7 nitrogen and oxygen atoms in total. The third-order valence-electron chi connectivity index (χ3n) is 8.10. The highest BCUT2D eigenvalue weighted by Gasteiger charge is 2.47. The van der Waals surface area contributed by atoms with Gasteiger partial charge >= 0.3 is 0 Å². The van der Waals surface area contributed by atoms with Gasteiger partial charge in [0.2, 0.25) is 0 Å². The van der Waals surface area contributed by atoms with Crippen LogP contribution in [0.25, 0.3) is 44.5 Å². The highest BCUT2D eigenvalue weighted by atomic mass is 19.1. The van der Waals surface area contributed by atoms with E-state index in [4.69, 9.17) is 10.2 Å². The van der Waals surface area contributed by atoms with E-state index in [1.165, 1.54) is 49.4 Å². The van der Waals surface area contributed by atoms with Gasteiger partial charge in [0.1, 0.15) is 28.8 Å². The molecule has 3 N–H and O–H groups in total. The van der Waals surface area contributed by atoms with Crippen LogP contribution in [0.2, 0.25) is 0 Å². The largest absolute Gasteiger partial charge is 0.455 e. The number of primary amides is 1. The summed E-state index contributed by atoms with van der Waals surface area (Å²) in [5, 5.41) is 3.66. The minimum atomic E-state index is -0.956. The maximum atomic E-state index is 16.3. The summed E-state index contributed by atoms with van der Waals surface area (Å²) in [6.07, 6.45) is 2.93. The first kappa shape index (κ1) is 27.3. The fourth-order valence-electron chi connectivity index (χ4n) is 5.57. The molecular weight excluding hydrogens is 569 g/mol. The van der Waals surface area contributed by atoms with Crippen LogP contribution in [-0.4, -0.2) is 21.8 Å². The van der Waals surface area contributed by atoms with Crippen molar-refractivity contribution >= 4 is 33.8 Å². The third-order valence-corrected chi connectivity index (χ3v) is 8.10. The van der Waals surface area contributed by atoms with Gasteiger partial charge in [-0.3, -0.25) is 9.59 Å². The second-order valence-electron chi connectivity index (χ2n) is 10.9. The Bertz CT molecular complexity index is 2150. The van der Waals surface area contributed by atoms with Crippen molar-refractivity contribution in [1.29, 1.82) is 0 Å². The van der Waals surface area contributed by atoms with E-state index in [-0.39, 0.29) is 44.5 Å². The number of aromatic nitrogens is 2. The Balaban J connectivity index is 1.28. The lowest BCUT2D eigenvalue weighted by Crippen LogP contribution is -2.35. The number of fused-ring (bicyclic) bond motifs is 2. The Hall–Kier alpha value is -5.51. The van der Waals surface area contributed by atoms with Gasteiger partial charge in [-0.15, -0.1) is 0 Å². The highest BCUT2D eigenvalue weighted by Crippen LogP contribution is 2.45. The Morgan fingerprint density at radius 3 is 2.45 bits per heavy atom. The van der Waals surface area contributed by atoms with Crippen LogP contribution in [-0.2, 0) is 5.54 Å². The maximum Gasteiger partial charge on any atom is 0.253 e. The van der Waals surface area contributed by atoms with Crippen LogP contribution >= 0.6 is 0 Å². The predicted molar refractivity (Wildman–Crippen MR) is 158 cm³/mol. The van der Waals surface area contributed by atoms with Crippen molar-refractivity contribution in [3.05, 3.63) is 119 Å². The monoisotopic (exact) mass is 592 g/mol.